The van der Waals surface area contributed by atoms with Crippen LogP contribution in [0.3, 0.4) is 0 Å². The first-order valence-corrected chi connectivity index (χ1v) is 4.77. The minimum absolute atomic E-state index is 0.0880. The van der Waals surface area contributed by atoms with Gasteiger partial charge in [0, 0.05) is 23.6 Å². The second-order valence-corrected chi connectivity index (χ2v) is 3.14. The van der Waals surface area contributed by atoms with Crippen LogP contribution < -0.4 is 5.32 Å². The fourth-order valence-electron chi connectivity index (χ4n) is 1.12. The van der Waals surface area contributed by atoms with Gasteiger partial charge < -0.3 is 10.4 Å². The number of amides is 1. The summed E-state index contributed by atoms with van der Waals surface area (Å²) < 4.78 is 0. The average Bonchev–Trinajstić information content (AvgIpc) is 2.30. The number of benzene rings is 1. The van der Waals surface area contributed by atoms with Crippen molar-refractivity contribution in [2.75, 3.05) is 11.9 Å². The molecule has 1 aromatic rings. The van der Waals surface area contributed by atoms with Crippen molar-refractivity contribution in [2.24, 2.45) is 5.11 Å². The van der Waals surface area contributed by atoms with E-state index >= 15 is 0 Å². The van der Waals surface area contributed by atoms with Gasteiger partial charge >= 0.3 is 5.97 Å². The zero-order valence-electron chi connectivity index (χ0n) is 8.83. The predicted molar refractivity (Wildman–Crippen MR) is 60.7 cm³/mol. The van der Waals surface area contributed by atoms with Crippen LogP contribution >= 0.6 is 0 Å². The molecular weight excluding hydrogens is 224 g/mol. The Hall–Kier alpha value is -2.53. The minimum Gasteiger partial charge on any atom is -0.478 e. The van der Waals surface area contributed by atoms with Crippen molar-refractivity contribution in [1.82, 2.24) is 0 Å². The van der Waals surface area contributed by atoms with E-state index in [-0.39, 0.29) is 24.4 Å². The van der Waals surface area contributed by atoms with E-state index in [1.54, 1.807) is 0 Å². The van der Waals surface area contributed by atoms with Crippen molar-refractivity contribution in [2.45, 2.75) is 6.42 Å². The molecule has 1 aromatic carbocycles. The number of azide groups is 1. The fourth-order valence-corrected chi connectivity index (χ4v) is 1.12. The topological polar surface area (TPSA) is 115 Å². The van der Waals surface area contributed by atoms with E-state index in [0.717, 1.165) is 0 Å². The summed E-state index contributed by atoms with van der Waals surface area (Å²) in [7, 11) is 0. The van der Waals surface area contributed by atoms with Gasteiger partial charge in [-0.1, -0.05) is 5.11 Å². The Morgan fingerprint density at radius 3 is 2.53 bits per heavy atom. The van der Waals surface area contributed by atoms with Crippen LogP contribution in [0.2, 0.25) is 0 Å². The van der Waals surface area contributed by atoms with Crippen LogP contribution in [0.1, 0.15) is 16.8 Å². The number of nitrogens with zero attached hydrogens (tertiary/aromatic N) is 3. The molecule has 7 heteroatoms. The lowest BCUT2D eigenvalue weighted by atomic mass is 10.2. The summed E-state index contributed by atoms with van der Waals surface area (Å²) in [5.41, 5.74) is 8.67. The highest BCUT2D eigenvalue weighted by Gasteiger charge is 2.04. The van der Waals surface area contributed by atoms with Gasteiger partial charge in [0.1, 0.15) is 0 Å². The van der Waals surface area contributed by atoms with Gasteiger partial charge in [0.25, 0.3) is 0 Å². The average molecular weight is 234 g/mol. The fraction of sp³-hybridized carbons (Fsp3) is 0.200. The molecule has 0 saturated carbocycles. The van der Waals surface area contributed by atoms with E-state index in [0.29, 0.717) is 5.69 Å². The predicted octanol–water partition coefficient (Wildman–Crippen LogP) is 2.02. The number of nitrogens with one attached hydrogen (secondary N) is 1. The normalized spacial score (nSPS) is 9.18. The number of carboxylic acids is 1. The zero-order valence-corrected chi connectivity index (χ0v) is 8.83. The lowest BCUT2D eigenvalue weighted by Crippen LogP contribution is -2.12. The summed E-state index contributed by atoms with van der Waals surface area (Å²) in [6.45, 7) is 0.0928. The van der Waals surface area contributed by atoms with Crippen LogP contribution in [0.15, 0.2) is 29.4 Å². The first-order chi connectivity index (χ1) is 8.13. The molecule has 7 nitrogen and oxygen atoms in total. The van der Waals surface area contributed by atoms with E-state index in [4.69, 9.17) is 10.6 Å². The standard InChI is InChI=1S/C10H10N4O3/c11-14-12-6-5-9(15)13-8-3-1-7(2-4-8)10(16)17/h1-4H,5-6H2,(H,13,15)(H,16,17). The van der Waals surface area contributed by atoms with E-state index < -0.39 is 5.97 Å². The van der Waals surface area contributed by atoms with Crippen molar-refractivity contribution in [3.63, 3.8) is 0 Å². The molecule has 0 aliphatic carbocycles. The maximum Gasteiger partial charge on any atom is 0.335 e. The molecule has 17 heavy (non-hydrogen) atoms. The molecule has 0 bridgehead atoms. The Morgan fingerprint density at radius 2 is 2.00 bits per heavy atom. The van der Waals surface area contributed by atoms with E-state index in [2.05, 4.69) is 15.3 Å². The molecule has 0 atom stereocenters. The third-order valence-corrected chi connectivity index (χ3v) is 1.92. The van der Waals surface area contributed by atoms with Gasteiger partial charge in [-0.05, 0) is 29.8 Å². The highest BCUT2D eigenvalue weighted by Crippen LogP contribution is 2.09. The van der Waals surface area contributed by atoms with Crippen LogP contribution in [0.5, 0.6) is 0 Å². The maximum atomic E-state index is 11.3. The molecule has 0 heterocycles. The molecule has 0 aliphatic heterocycles. The van der Waals surface area contributed by atoms with Crippen molar-refractivity contribution in [3.05, 3.63) is 40.3 Å². The number of aromatic carboxylic acids is 1. The number of carboxylic acid groups (broad SMARTS) is 1. The third kappa shape index (κ3) is 4.23. The van der Waals surface area contributed by atoms with E-state index in [9.17, 15) is 9.59 Å². The smallest absolute Gasteiger partial charge is 0.335 e. The van der Waals surface area contributed by atoms with Crippen LogP contribution in [0, 0.1) is 0 Å². The number of anilines is 1. The van der Waals surface area contributed by atoms with Crippen LogP contribution in [-0.2, 0) is 4.79 Å². The second kappa shape index (κ2) is 6.14. The highest BCUT2D eigenvalue weighted by molar-refractivity contribution is 5.92. The number of carbonyl (C=O) groups is 2. The second-order valence-electron chi connectivity index (χ2n) is 3.14. The Balaban J connectivity index is 2.54. The molecule has 0 aliphatic rings. The van der Waals surface area contributed by atoms with Crippen LogP contribution in [0.4, 0.5) is 5.69 Å². The SMILES string of the molecule is [N-]=[N+]=NCCC(=O)Nc1ccc(C(=O)O)cc1. The van der Waals surface area contributed by atoms with Crippen LogP contribution in [-0.4, -0.2) is 23.5 Å². The Bertz CT molecular complexity index is 463. The Morgan fingerprint density at radius 1 is 1.35 bits per heavy atom. The summed E-state index contributed by atoms with van der Waals surface area (Å²) in [5.74, 6) is -1.31. The summed E-state index contributed by atoms with van der Waals surface area (Å²) in [6, 6.07) is 5.78. The Kier molecular flexibility index (Phi) is 4.53. The lowest BCUT2D eigenvalue weighted by Gasteiger charge is -2.03. The van der Waals surface area contributed by atoms with Crippen molar-refractivity contribution in [1.29, 1.82) is 0 Å². The summed E-state index contributed by atoms with van der Waals surface area (Å²) in [6.07, 6.45) is 0.0880. The van der Waals surface area contributed by atoms with Gasteiger partial charge in [-0.15, -0.1) is 0 Å². The third-order valence-electron chi connectivity index (χ3n) is 1.92. The van der Waals surface area contributed by atoms with Gasteiger partial charge in [0.2, 0.25) is 5.91 Å². The van der Waals surface area contributed by atoms with Gasteiger partial charge in [0.15, 0.2) is 0 Å². The van der Waals surface area contributed by atoms with Gasteiger partial charge in [0.05, 0.1) is 5.56 Å². The number of rotatable bonds is 5. The lowest BCUT2D eigenvalue weighted by molar-refractivity contribution is -0.116. The van der Waals surface area contributed by atoms with E-state index in [1.165, 1.54) is 24.3 Å². The van der Waals surface area contributed by atoms with Crippen molar-refractivity contribution in [3.8, 4) is 0 Å². The molecule has 0 spiro atoms. The molecule has 1 rings (SSSR count). The van der Waals surface area contributed by atoms with E-state index in [1.807, 2.05) is 0 Å². The molecule has 0 saturated heterocycles. The monoisotopic (exact) mass is 234 g/mol. The summed E-state index contributed by atoms with van der Waals surface area (Å²) >= 11 is 0. The molecule has 0 fully saturated rings. The molecule has 0 radical (unpaired) electrons. The van der Waals surface area contributed by atoms with Gasteiger partial charge in [-0.3, -0.25) is 4.79 Å². The van der Waals surface area contributed by atoms with Crippen LogP contribution in [0.25, 0.3) is 10.4 Å². The first kappa shape index (κ1) is 12.5. The Labute approximate surface area is 96.7 Å². The molecular formula is C10H10N4O3. The summed E-state index contributed by atoms with van der Waals surface area (Å²) in [5, 5.41) is 14.5. The number of hydrogen-bond acceptors (Lipinski definition) is 3. The minimum atomic E-state index is -1.02. The number of hydrogen-bond donors (Lipinski definition) is 2. The summed E-state index contributed by atoms with van der Waals surface area (Å²) in [4.78, 5) is 24.4. The zero-order chi connectivity index (χ0) is 12.7. The largest absolute Gasteiger partial charge is 0.478 e. The quantitative estimate of drug-likeness (QED) is 0.461. The molecule has 1 amide bonds. The van der Waals surface area contributed by atoms with Gasteiger partial charge in [-0.25, -0.2) is 4.79 Å². The maximum absolute atomic E-state index is 11.3. The van der Waals surface area contributed by atoms with Crippen molar-refractivity contribution < 1.29 is 14.7 Å². The highest BCUT2D eigenvalue weighted by atomic mass is 16.4. The van der Waals surface area contributed by atoms with Gasteiger partial charge in [-0.2, -0.15) is 0 Å². The number of carbonyl (C=O) groups excluding carboxylic acids is 1. The molecule has 2 N–H and O–H groups in total. The molecule has 0 aromatic heterocycles. The van der Waals surface area contributed by atoms with Crippen molar-refractivity contribution >= 4 is 17.6 Å². The molecule has 88 valence electrons. The first-order valence-electron chi connectivity index (χ1n) is 4.77. The molecule has 0 unspecified atom stereocenters.